The maximum atomic E-state index is 8.83. The van der Waals surface area contributed by atoms with Gasteiger partial charge in [-0.2, -0.15) is 5.26 Å². The smallest absolute Gasteiger partial charge is 0.0992 e. The van der Waals surface area contributed by atoms with Gasteiger partial charge in [-0.05, 0) is 30.2 Å². The van der Waals surface area contributed by atoms with E-state index < -0.39 is 0 Å². The van der Waals surface area contributed by atoms with Crippen molar-refractivity contribution < 1.29 is 0 Å². The summed E-state index contributed by atoms with van der Waals surface area (Å²) in [5, 5.41) is 12.8. The van der Waals surface area contributed by atoms with Crippen LogP contribution in [0, 0.1) is 11.3 Å². The molecule has 0 fully saturated rings. The molecule has 0 aromatic heterocycles. The van der Waals surface area contributed by atoms with Gasteiger partial charge in [0.15, 0.2) is 0 Å². The monoisotopic (exact) mass is 270 g/mol. The van der Waals surface area contributed by atoms with Crippen molar-refractivity contribution >= 4 is 17.3 Å². The lowest BCUT2D eigenvalue weighted by Crippen LogP contribution is -2.09. The van der Waals surface area contributed by atoms with Crippen LogP contribution in [0.5, 0.6) is 0 Å². The van der Waals surface area contributed by atoms with Gasteiger partial charge in [-0.25, -0.2) is 0 Å². The molecule has 0 spiro atoms. The number of halogens is 1. The summed E-state index contributed by atoms with van der Waals surface area (Å²) in [7, 11) is 0. The quantitative estimate of drug-likeness (QED) is 0.868. The number of nitrogens with one attached hydrogen (secondary N) is 1. The molecule has 0 radical (unpaired) electrons. The number of hydrogen-bond acceptors (Lipinski definition) is 2. The fourth-order valence-corrected chi connectivity index (χ4v) is 2.23. The summed E-state index contributed by atoms with van der Waals surface area (Å²) >= 11 is 6.18. The Balaban J connectivity index is 2.22. The number of anilines is 1. The Morgan fingerprint density at radius 1 is 1.21 bits per heavy atom. The zero-order valence-electron chi connectivity index (χ0n) is 10.7. The van der Waals surface area contributed by atoms with E-state index in [4.69, 9.17) is 16.9 Å². The average Bonchev–Trinajstić information content (AvgIpc) is 2.47. The van der Waals surface area contributed by atoms with Crippen LogP contribution in [0.4, 0.5) is 5.69 Å². The van der Waals surface area contributed by atoms with E-state index in [0.29, 0.717) is 10.6 Å². The third-order valence-electron chi connectivity index (χ3n) is 3.04. The Hall–Kier alpha value is -1.98. The van der Waals surface area contributed by atoms with E-state index in [-0.39, 0.29) is 6.04 Å². The molecule has 3 heteroatoms. The van der Waals surface area contributed by atoms with Crippen molar-refractivity contribution in [2.45, 2.75) is 19.4 Å². The highest BCUT2D eigenvalue weighted by molar-refractivity contribution is 6.33. The van der Waals surface area contributed by atoms with Gasteiger partial charge in [-0.15, -0.1) is 0 Å². The van der Waals surface area contributed by atoms with Crippen molar-refractivity contribution in [3.63, 3.8) is 0 Å². The second kappa shape index (κ2) is 6.26. The molecule has 0 bridgehead atoms. The summed E-state index contributed by atoms with van der Waals surface area (Å²) in [6.45, 7) is 2.13. The second-order valence-electron chi connectivity index (χ2n) is 4.32. The van der Waals surface area contributed by atoms with Crippen molar-refractivity contribution in [3.05, 3.63) is 64.7 Å². The van der Waals surface area contributed by atoms with E-state index in [1.807, 2.05) is 24.3 Å². The predicted molar refractivity (Wildman–Crippen MR) is 79.3 cm³/mol. The van der Waals surface area contributed by atoms with E-state index in [1.165, 1.54) is 5.56 Å². The van der Waals surface area contributed by atoms with Crippen molar-refractivity contribution in [1.82, 2.24) is 0 Å². The molecule has 1 N–H and O–H groups in total. The summed E-state index contributed by atoms with van der Waals surface area (Å²) in [4.78, 5) is 0. The lowest BCUT2D eigenvalue weighted by atomic mass is 10.0. The van der Waals surface area contributed by atoms with Crippen LogP contribution in [-0.4, -0.2) is 0 Å². The molecule has 0 amide bonds. The Morgan fingerprint density at radius 3 is 2.53 bits per heavy atom. The normalized spacial score (nSPS) is 11.6. The molecule has 2 aromatic rings. The maximum absolute atomic E-state index is 8.83. The van der Waals surface area contributed by atoms with Gasteiger partial charge in [0.25, 0.3) is 0 Å². The van der Waals surface area contributed by atoms with Gasteiger partial charge >= 0.3 is 0 Å². The Morgan fingerprint density at radius 2 is 1.95 bits per heavy atom. The van der Waals surface area contributed by atoms with Crippen molar-refractivity contribution in [3.8, 4) is 6.07 Å². The molecule has 19 heavy (non-hydrogen) atoms. The minimum atomic E-state index is 0.214. The largest absolute Gasteiger partial charge is 0.377 e. The minimum Gasteiger partial charge on any atom is -0.377 e. The Kier molecular flexibility index (Phi) is 4.43. The van der Waals surface area contributed by atoms with Gasteiger partial charge in [0, 0.05) is 0 Å². The van der Waals surface area contributed by atoms with Crippen LogP contribution < -0.4 is 5.32 Å². The zero-order chi connectivity index (χ0) is 13.7. The average molecular weight is 271 g/mol. The van der Waals surface area contributed by atoms with Crippen LogP contribution in [0.15, 0.2) is 48.5 Å². The number of nitriles is 1. The van der Waals surface area contributed by atoms with Gasteiger partial charge in [-0.1, -0.05) is 48.9 Å². The number of benzene rings is 2. The van der Waals surface area contributed by atoms with Crippen LogP contribution >= 0.6 is 11.6 Å². The molecule has 2 rings (SSSR count). The molecule has 1 atom stereocenters. The van der Waals surface area contributed by atoms with Crippen molar-refractivity contribution in [2.75, 3.05) is 5.32 Å². The van der Waals surface area contributed by atoms with Gasteiger partial charge in [-0.3, -0.25) is 0 Å². The molecule has 0 aliphatic rings. The highest BCUT2D eigenvalue weighted by Gasteiger charge is 2.10. The highest BCUT2D eigenvalue weighted by atomic mass is 35.5. The first kappa shape index (κ1) is 13.5. The Labute approximate surface area is 118 Å². The molecule has 0 aliphatic heterocycles. The standard InChI is InChI=1S/C16H15ClN2/c1-2-15(13-6-4-3-5-7-13)19-16-9-8-12(11-18)10-14(16)17/h3-10,15,19H,2H2,1H3. The van der Waals surface area contributed by atoms with E-state index in [2.05, 4.69) is 30.4 Å². The number of hydrogen-bond donors (Lipinski definition) is 1. The molecule has 96 valence electrons. The van der Waals surface area contributed by atoms with Gasteiger partial charge in [0.05, 0.1) is 28.4 Å². The third kappa shape index (κ3) is 3.27. The van der Waals surface area contributed by atoms with Gasteiger partial charge in [0.1, 0.15) is 0 Å². The molecule has 1 unspecified atom stereocenters. The second-order valence-corrected chi connectivity index (χ2v) is 4.73. The van der Waals surface area contributed by atoms with Crippen LogP contribution in [0.25, 0.3) is 0 Å². The molecular formula is C16H15ClN2. The SMILES string of the molecule is CCC(Nc1ccc(C#N)cc1Cl)c1ccccc1. The summed E-state index contributed by atoms with van der Waals surface area (Å²) < 4.78 is 0. The third-order valence-corrected chi connectivity index (χ3v) is 3.35. The van der Waals surface area contributed by atoms with E-state index in [1.54, 1.807) is 12.1 Å². The van der Waals surface area contributed by atoms with E-state index in [9.17, 15) is 0 Å². The van der Waals surface area contributed by atoms with Crippen molar-refractivity contribution in [2.24, 2.45) is 0 Å². The zero-order valence-corrected chi connectivity index (χ0v) is 11.5. The topological polar surface area (TPSA) is 35.8 Å². The van der Waals surface area contributed by atoms with Crippen LogP contribution in [0.1, 0.15) is 30.5 Å². The lowest BCUT2D eigenvalue weighted by Gasteiger charge is -2.19. The first-order valence-corrected chi connectivity index (χ1v) is 6.63. The molecule has 0 aliphatic carbocycles. The number of rotatable bonds is 4. The predicted octanol–water partition coefficient (Wildman–Crippen LogP) is 4.77. The van der Waals surface area contributed by atoms with Gasteiger partial charge in [0.2, 0.25) is 0 Å². The summed E-state index contributed by atoms with van der Waals surface area (Å²) in [5.41, 5.74) is 2.66. The minimum absolute atomic E-state index is 0.214. The molecule has 2 nitrogen and oxygen atoms in total. The van der Waals surface area contributed by atoms with Crippen molar-refractivity contribution in [1.29, 1.82) is 5.26 Å². The lowest BCUT2D eigenvalue weighted by molar-refractivity contribution is 0.749. The summed E-state index contributed by atoms with van der Waals surface area (Å²) in [6.07, 6.45) is 0.959. The summed E-state index contributed by atoms with van der Waals surface area (Å²) in [6, 6.07) is 17.9. The molecule has 0 saturated heterocycles. The van der Waals surface area contributed by atoms with Crippen LogP contribution in [0.2, 0.25) is 5.02 Å². The Bertz CT molecular complexity index is 587. The fourth-order valence-electron chi connectivity index (χ4n) is 2.00. The molecule has 0 heterocycles. The van der Waals surface area contributed by atoms with E-state index in [0.717, 1.165) is 12.1 Å². The molecule has 2 aromatic carbocycles. The highest BCUT2D eigenvalue weighted by Crippen LogP contribution is 2.28. The van der Waals surface area contributed by atoms with Crippen LogP contribution in [-0.2, 0) is 0 Å². The molecule has 0 saturated carbocycles. The number of nitrogens with zero attached hydrogens (tertiary/aromatic N) is 1. The van der Waals surface area contributed by atoms with Crippen LogP contribution in [0.3, 0.4) is 0 Å². The summed E-state index contributed by atoms with van der Waals surface area (Å²) in [5.74, 6) is 0. The molecular weight excluding hydrogens is 256 g/mol. The fraction of sp³-hybridized carbons (Fsp3) is 0.188. The van der Waals surface area contributed by atoms with Gasteiger partial charge < -0.3 is 5.32 Å². The maximum Gasteiger partial charge on any atom is 0.0992 e. The van der Waals surface area contributed by atoms with E-state index >= 15 is 0 Å². The first-order chi connectivity index (χ1) is 9.24. The first-order valence-electron chi connectivity index (χ1n) is 6.25.